The van der Waals surface area contributed by atoms with E-state index in [1.807, 2.05) is 18.2 Å². The van der Waals surface area contributed by atoms with Gasteiger partial charge in [0.2, 0.25) is 10.0 Å². The van der Waals surface area contributed by atoms with Crippen molar-refractivity contribution in [2.45, 2.75) is 23.7 Å². The maximum Gasteiger partial charge on any atom is 0.246 e. The predicted octanol–water partition coefficient (Wildman–Crippen LogP) is 4.03. The van der Waals surface area contributed by atoms with Gasteiger partial charge in [0.15, 0.2) is 0 Å². The summed E-state index contributed by atoms with van der Waals surface area (Å²) in [5, 5.41) is 0. The highest BCUT2D eigenvalue weighted by Crippen LogP contribution is 2.37. The molecule has 0 amide bonds. The number of methoxy groups -OCH3 is 2. The zero-order valence-corrected chi connectivity index (χ0v) is 17.2. The Morgan fingerprint density at radius 1 is 1.00 bits per heavy atom. The van der Waals surface area contributed by atoms with Gasteiger partial charge in [-0.15, -0.1) is 0 Å². The van der Waals surface area contributed by atoms with Crippen molar-refractivity contribution in [2.75, 3.05) is 27.3 Å². The summed E-state index contributed by atoms with van der Waals surface area (Å²) in [6, 6.07) is 13.0. The maximum absolute atomic E-state index is 13.1. The van der Waals surface area contributed by atoms with Crippen molar-refractivity contribution < 1.29 is 17.9 Å². The Morgan fingerprint density at radius 2 is 1.65 bits per heavy atom. The van der Waals surface area contributed by atoms with Crippen LogP contribution in [0.3, 0.4) is 0 Å². The van der Waals surface area contributed by atoms with Crippen LogP contribution in [0.15, 0.2) is 51.8 Å². The van der Waals surface area contributed by atoms with Crippen LogP contribution in [0.1, 0.15) is 24.3 Å². The molecule has 7 heteroatoms. The molecular formula is C19H22BrNO4S. The van der Waals surface area contributed by atoms with Gasteiger partial charge < -0.3 is 9.47 Å². The Labute approximate surface area is 163 Å². The number of benzene rings is 2. The van der Waals surface area contributed by atoms with Crippen LogP contribution in [0.25, 0.3) is 0 Å². The molecule has 0 aliphatic carbocycles. The number of rotatable bonds is 5. The molecule has 1 saturated heterocycles. The molecule has 2 aromatic rings. The number of hydrogen-bond donors (Lipinski definition) is 0. The fourth-order valence-corrected chi connectivity index (χ4v) is 5.57. The molecular weight excluding hydrogens is 418 g/mol. The highest BCUT2D eigenvalue weighted by Gasteiger charge is 2.32. The minimum atomic E-state index is -3.60. The summed E-state index contributed by atoms with van der Waals surface area (Å²) < 4.78 is 39.1. The third-order valence-corrected chi connectivity index (χ3v) is 7.19. The Morgan fingerprint density at radius 3 is 2.31 bits per heavy atom. The van der Waals surface area contributed by atoms with Gasteiger partial charge in [-0.05, 0) is 48.6 Å². The molecule has 0 bridgehead atoms. The van der Waals surface area contributed by atoms with Gasteiger partial charge in [-0.1, -0.05) is 34.1 Å². The zero-order valence-electron chi connectivity index (χ0n) is 14.8. The lowest BCUT2D eigenvalue weighted by molar-refractivity contribution is 0.311. The van der Waals surface area contributed by atoms with E-state index in [1.54, 1.807) is 29.6 Å². The first kappa shape index (κ1) is 19.2. The van der Waals surface area contributed by atoms with Crippen molar-refractivity contribution in [3.63, 3.8) is 0 Å². The van der Waals surface area contributed by atoms with Gasteiger partial charge in [0.1, 0.15) is 16.4 Å². The van der Waals surface area contributed by atoms with Crippen molar-refractivity contribution in [1.82, 2.24) is 4.31 Å². The molecule has 1 fully saturated rings. The summed E-state index contributed by atoms with van der Waals surface area (Å²) >= 11 is 3.35. The third-order valence-electron chi connectivity index (χ3n) is 4.78. The van der Waals surface area contributed by atoms with E-state index in [2.05, 4.69) is 22.0 Å². The lowest BCUT2D eigenvalue weighted by Crippen LogP contribution is -2.38. The monoisotopic (exact) mass is 439 g/mol. The molecule has 140 valence electrons. The second-order valence-electron chi connectivity index (χ2n) is 6.22. The molecule has 1 aliphatic heterocycles. The van der Waals surface area contributed by atoms with Crippen LogP contribution >= 0.6 is 15.9 Å². The van der Waals surface area contributed by atoms with E-state index in [1.165, 1.54) is 7.11 Å². The van der Waals surface area contributed by atoms with E-state index in [0.717, 1.165) is 24.2 Å². The van der Waals surface area contributed by atoms with E-state index in [4.69, 9.17) is 9.47 Å². The number of piperidine rings is 1. The average Bonchev–Trinajstić information content (AvgIpc) is 2.68. The fourth-order valence-electron chi connectivity index (χ4n) is 3.40. The lowest BCUT2D eigenvalue weighted by Gasteiger charge is -2.32. The molecule has 1 aliphatic rings. The van der Waals surface area contributed by atoms with Gasteiger partial charge in [0.25, 0.3) is 0 Å². The molecule has 2 aromatic carbocycles. The minimum absolute atomic E-state index is 0.199. The second-order valence-corrected chi connectivity index (χ2v) is 9.04. The number of hydrogen-bond acceptors (Lipinski definition) is 4. The quantitative estimate of drug-likeness (QED) is 0.705. The fraction of sp³-hybridized carbons (Fsp3) is 0.368. The summed E-state index contributed by atoms with van der Waals surface area (Å²) in [5.41, 5.74) is 1.15. The smallest absolute Gasteiger partial charge is 0.246 e. The van der Waals surface area contributed by atoms with E-state index in [0.29, 0.717) is 29.2 Å². The SMILES string of the molecule is COc1ccccc1C1CCN(S(=O)(=O)c2cc(Br)ccc2OC)CC1. The van der Waals surface area contributed by atoms with Gasteiger partial charge in [-0.2, -0.15) is 4.31 Å². The number of para-hydroxylation sites is 1. The van der Waals surface area contributed by atoms with E-state index in [9.17, 15) is 8.42 Å². The van der Waals surface area contributed by atoms with Gasteiger partial charge >= 0.3 is 0 Å². The van der Waals surface area contributed by atoms with Crippen LogP contribution in [0.5, 0.6) is 11.5 Å². The Bertz CT molecular complexity index is 877. The van der Waals surface area contributed by atoms with Crippen LogP contribution in [0.4, 0.5) is 0 Å². The molecule has 1 heterocycles. The van der Waals surface area contributed by atoms with Crippen molar-refractivity contribution in [1.29, 1.82) is 0 Å². The Balaban J connectivity index is 1.80. The van der Waals surface area contributed by atoms with Crippen LogP contribution < -0.4 is 9.47 Å². The first-order valence-electron chi connectivity index (χ1n) is 8.44. The molecule has 0 N–H and O–H groups in total. The summed E-state index contributed by atoms with van der Waals surface area (Å²) in [4.78, 5) is 0.199. The van der Waals surface area contributed by atoms with Crippen LogP contribution in [0.2, 0.25) is 0 Å². The van der Waals surface area contributed by atoms with Gasteiger partial charge in [-0.3, -0.25) is 0 Å². The standard InChI is InChI=1S/C19H22BrNO4S/c1-24-17-6-4-3-5-16(17)14-9-11-21(12-10-14)26(22,23)19-13-15(20)7-8-18(19)25-2/h3-8,13-14H,9-12H2,1-2H3. The number of ether oxygens (including phenoxy) is 2. The van der Waals surface area contributed by atoms with Crippen molar-refractivity contribution in [2.24, 2.45) is 0 Å². The molecule has 3 rings (SSSR count). The molecule has 5 nitrogen and oxygen atoms in total. The minimum Gasteiger partial charge on any atom is -0.496 e. The number of nitrogens with zero attached hydrogens (tertiary/aromatic N) is 1. The first-order chi connectivity index (χ1) is 12.5. The average molecular weight is 440 g/mol. The summed E-state index contributed by atoms with van der Waals surface area (Å²) in [5.74, 6) is 1.52. The number of sulfonamides is 1. The topological polar surface area (TPSA) is 55.8 Å². The predicted molar refractivity (Wildman–Crippen MR) is 104 cm³/mol. The molecule has 0 aromatic heterocycles. The van der Waals surface area contributed by atoms with Crippen LogP contribution in [-0.4, -0.2) is 40.0 Å². The van der Waals surface area contributed by atoms with Crippen LogP contribution in [-0.2, 0) is 10.0 Å². The normalized spacial score (nSPS) is 16.4. The van der Waals surface area contributed by atoms with E-state index in [-0.39, 0.29) is 4.90 Å². The molecule has 0 atom stereocenters. The van der Waals surface area contributed by atoms with Crippen LogP contribution in [0, 0.1) is 0 Å². The van der Waals surface area contributed by atoms with Crippen molar-refractivity contribution in [3.05, 3.63) is 52.5 Å². The van der Waals surface area contributed by atoms with Crippen molar-refractivity contribution in [3.8, 4) is 11.5 Å². The first-order valence-corrected chi connectivity index (χ1v) is 10.7. The van der Waals surface area contributed by atoms with Crippen molar-refractivity contribution >= 4 is 26.0 Å². The molecule has 0 saturated carbocycles. The Kier molecular flexibility index (Phi) is 5.89. The van der Waals surface area contributed by atoms with Gasteiger partial charge in [0, 0.05) is 17.6 Å². The highest BCUT2D eigenvalue weighted by atomic mass is 79.9. The van der Waals surface area contributed by atoms with E-state index >= 15 is 0 Å². The molecule has 0 radical (unpaired) electrons. The third kappa shape index (κ3) is 3.75. The molecule has 0 spiro atoms. The molecule has 0 unspecified atom stereocenters. The van der Waals surface area contributed by atoms with Gasteiger partial charge in [-0.25, -0.2) is 8.42 Å². The highest BCUT2D eigenvalue weighted by molar-refractivity contribution is 9.10. The maximum atomic E-state index is 13.1. The Hall–Kier alpha value is -1.57. The summed E-state index contributed by atoms with van der Waals surface area (Å²) in [6.07, 6.45) is 1.52. The molecule has 26 heavy (non-hydrogen) atoms. The summed E-state index contributed by atoms with van der Waals surface area (Å²) in [7, 11) is -0.455. The van der Waals surface area contributed by atoms with Gasteiger partial charge in [0.05, 0.1) is 14.2 Å². The zero-order chi connectivity index (χ0) is 18.7. The second kappa shape index (κ2) is 7.98. The van der Waals surface area contributed by atoms with E-state index < -0.39 is 10.0 Å². The summed E-state index contributed by atoms with van der Waals surface area (Å²) in [6.45, 7) is 0.946. The number of halogens is 1. The lowest BCUT2D eigenvalue weighted by atomic mass is 9.89. The largest absolute Gasteiger partial charge is 0.496 e.